The highest BCUT2D eigenvalue weighted by molar-refractivity contribution is 4.89. The average Bonchev–Trinajstić information content (AvgIpc) is 2.32. The molecule has 0 heterocycles. The van der Waals surface area contributed by atoms with Gasteiger partial charge in [0.25, 0.3) is 0 Å². The predicted octanol–water partition coefficient (Wildman–Crippen LogP) is 5.42. The Bertz CT molecular complexity index is 202. The SMILES string of the molecule is CCCCCCCCCCC1(N)CCCC(C)C1. The first-order valence-electron chi connectivity index (χ1n) is 8.45. The second kappa shape index (κ2) is 8.96. The topological polar surface area (TPSA) is 26.0 Å². The number of unbranched alkanes of at least 4 members (excludes halogenated alkanes) is 7. The lowest BCUT2D eigenvalue weighted by atomic mass is 9.74. The van der Waals surface area contributed by atoms with Gasteiger partial charge >= 0.3 is 0 Å². The highest BCUT2D eigenvalue weighted by atomic mass is 14.7. The van der Waals surface area contributed by atoms with Crippen molar-refractivity contribution in [2.24, 2.45) is 11.7 Å². The lowest BCUT2D eigenvalue weighted by molar-refractivity contribution is 0.218. The third-order valence-corrected chi connectivity index (χ3v) is 4.65. The van der Waals surface area contributed by atoms with Crippen molar-refractivity contribution in [1.29, 1.82) is 0 Å². The first kappa shape index (κ1) is 16.0. The molecule has 0 aromatic heterocycles. The van der Waals surface area contributed by atoms with Gasteiger partial charge in [0, 0.05) is 5.54 Å². The maximum atomic E-state index is 6.53. The molecular formula is C17H35N. The van der Waals surface area contributed by atoms with Crippen LogP contribution in [0.5, 0.6) is 0 Å². The van der Waals surface area contributed by atoms with Crippen molar-refractivity contribution < 1.29 is 0 Å². The van der Waals surface area contributed by atoms with Crippen LogP contribution in [-0.2, 0) is 0 Å². The fourth-order valence-electron chi connectivity index (χ4n) is 3.54. The molecule has 108 valence electrons. The molecule has 1 nitrogen and oxygen atoms in total. The molecule has 1 aliphatic rings. The van der Waals surface area contributed by atoms with Gasteiger partial charge in [0.2, 0.25) is 0 Å². The van der Waals surface area contributed by atoms with Gasteiger partial charge in [-0.3, -0.25) is 0 Å². The van der Waals surface area contributed by atoms with E-state index in [0.29, 0.717) is 0 Å². The fourth-order valence-corrected chi connectivity index (χ4v) is 3.54. The monoisotopic (exact) mass is 253 g/mol. The van der Waals surface area contributed by atoms with E-state index in [-0.39, 0.29) is 5.54 Å². The maximum Gasteiger partial charge on any atom is 0.0156 e. The van der Waals surface area contributed by atoms with Crippen LogP contribution in [0.4, 0.5) is 0 Å². The summed E-state index contributed by atoms with van der Waals surface area (Å²) in [5.41, 5.74) is 6.72. The summed E-state index contributed by atoms with van der Waals surface area (Å²) >= 11 is 0. The van der Waals surface area contributed by atoms with Gasteiger partial charge in [0.1, 0.15) is 0 Å². The van der Waals surface area contributed by atoms with Crippen LogP contribution in [0.1, 0.15) is 97.3 Å². The molecule has 2 N–H and O–H groups in total. The molecule has 1 saturated carbocycles. The van der Waals surface area contributed by atoms with Gasteiger partial charge in [0.15, 0.2) is 0 Å². The van der Waals surface area contributed by atoms with Crippen molar-refractivity contribution in [1.82, 2.24) is 0 Å². The highest BCUT2D eigenvalue weighted by Gasteiger charge is 2.29. The zero-order valence-electron chi connectivity index (χ0n) is 12.8. The molecule has 0 saturated heterocycles. The molecule has 0 radical (unpaired) electrons. The van der Waals surface area contributed by atoms with E-state index in [9.17, 15) is 0 Å². The predicted molar refractivity (Wildman–Crippen MR) is 81.8 cm³/mol. The van der Waals surface area contributed by atoms with Crippen LogP contribution in [0.3, 0.4) is 0 Å². The van der Waals surface area contributed by atoms with E-state index in [1.807, 2.05) is 0 Å². The Labute approximate surface area is 115 Å². The van der Waals surface area contributed by atoms with Crippen LogP contribution in [0.25, 0.3) is 0 Å². The van der Waals surface area contributed by atoms with Gasteiger partial charge < -0.3 is 5.73 Å². The van der Waals surface area contributed by atoms with E-state index in [1.165, 1.54) is 83.5 Å². The maximum absolute atomic E-state index is 6.53. The van der Waals surface area contributed by atoms with E-state index in [4.69, 9.17) is 5.73 Å². The molecule has 1 fully saturated rings. The largest absolute Gasteiger partial charge is 0.325 e. The normalized spacial score (nSPS) is 28.5. The Morgan fingerprint density at radius 2 is 1.61 bits per heavy atom. The van der Waals surface area contributed by atoms with Crippen molar-refractivity contribution in [3.63, 3.8) is 0 Å². The first-order valence-corrected chi connectivity index (χ1v) is 8.45. The minimum Gasteiger partial charge on any atom is -0.325 e. The second-order valence-corrected chi connectivity index (χ2v) is 6.79. The van der Waals surface area contributed by atoms with Crippen molar-refractivity contribution in [2.45, 2.75) is 103 Å². The summed E-state index contributed by atoms with van der Waals surface area (Å²) in [5.74, 6) is 0.859. The Balaban J connectivity index is 1.96. The fraction of sp³-hybridized carbons (Fsp3) is 1.00. The minimum absolute atomic E-state index is 0.194. The van der Waals surface area contributed by atoms with Crippen LogP contribution in [0, 0.1) is 5.92 Å². The lowest BCUT2D eigenvalue weighted by Crippen LogP contribution is -2.43. The summed E-state index contributed by atoms with van der Waals surface area (Å²) in [4.78, 5) is 0. The molecular weight excluding hydrogens is 218 g/mol. The summed E-state index contributed by atoms with van der Waals surface area (Å²) in [6.45, 7) is 4.65. The second-order valence-electron chi connectivity index (χ2n) is 6.79. The molecule has 0 bridgehead atoms. The minimum atomic E-state index is 0.194. The Morgan fingerprint density at radius 1 is 1.00 bits per heavy atom. The van der Waals surface area contributed by atoms with Crippen molar-refractivity contribution >= 4 is 0 Å². The molecule has 0 aromatic rings. The highest BCUT2D eigenvalue weighted by Crippen LogP contribution is 2.33. The van der Waals surface area contributed by atoms with Crippen molar-refractivity contribution in [2.75, 3.05) is 0 Å². The number of hydrogen-bond acceptors (Lipinski definition) is 1. The van der Waals surface area contributed by atoms with Crippen LogP contribution in [0.15, 0.2) is 0 Å². The van der Waals surface area contributed by atoms with Gasteiger partial charge in [0.05, 0.1) is 0 Å². The first-order chi connectivity index (χ1) is 8.66. The molecule has 0 spiro atoms. The zero-order valence-corrected chi connectivity index (χ0v) is 12.8. The summed E-state index contributed by atoms with van der Waals surface area (Å²) in [6.07, 6.45) is 17.8. The molecule has 0 aliphatic heterocycles. The Kier molecular flexibility index (Phi) is 7.97. The van der Waals surface area contributed by atoms with E-state index < -0.39 is 0 Å². The quantitative estimate of drug-likeness (QED) is 0.545. The molecule has 1 rings (SSSR count). The summed E-state index contributed by atoms with van der Waals surface area (Å²) in [6, 6.07) is 0. The number of nitrogens with two attached hydrogens (primary N) is 1. The van der Waals surface area contributed by atoms with Gasteiger partial charge in [-0.15, -0.1) is 0 Å². The third-order valence-electron chi connectivity index (χ3n) is 4.65. The smallest absolute Gasteiger partial charge is 0.0156 e. The van der Waals surface area contributed by atoms with Gasteiger partial charge in [-0.2, -0.15) is 0 Å². The van der Waals surface area contributed by atoms with Gasteiger partial charge in [-0.05, 0) is 25.2 Å². The summed E-state index contributed by atoms with van der Waals surface area (Å²) < 4.78 is 0. The average molecular weight is 253 g/mol. The van der Waals surface area contributed by atoms with E-state index in [1.54, 1.807) is 0 Å². The van der Waals surface area contributed by atoms with E-state index in [0.717, 1.165) is 5.92 Å². The molecule has 18 heavy (non-hydrogen) atoms. The van der Waals surface area contributed by atoms with E-state index in [2.05, 4.69) is 13.8 Å². The Hall–Kier alpha value is -0.0400. The molecule has 2 atom stereocenters. The molecule has 1 aliphatic carbocycles. The van der Waals surface area contributed by atoms with Crippen LogP contribution in [0.2, 0.25) is 0 Å². The van der Waals surface area contributed by atoms with Gasteiger partial charge in [-0.1, -0.05) is 78.1 Å². The lowest BCUT2D eigenvalue weighted by Gasteiger charge is -2.37. The molecule has 0 amide bonds. The summed E-state index contributed by atoms with van der Waals surface area (Å²) in [5, 5.41) is 0. The summed E-state index contributed by atoms with van der Waals surface area (Å²) in [7, 11) is 0. The third kappa shape index (κ3) is 6.78. The van der Waals surface area contributed by atoms with E-state index >= 15 is 0 Å². The van der Waals surface area contributed by atoms with Crippen LogP contribution >= 0.6 is 0 Å². The molecule has 0 aromatic carbocycles. The Morgan fingerprint density at radius 3 is 2.22 bits per heavy atom. The zero-order chi connectivity index (χ0) is 13.3. The molecule has 1 heteroatoms. The number of rotatable bonds is 9. The van der Waals surface area contributed by atoms with Crippen LogP contribution in [-0.4, -0.2) is 5.54 Å². The molecule has 2 unspecified atom stereocenters. The number of hydrogen-bond donors (Lipinski definition) is 1. The van der Waals surface area contributed by atoms with Gasteiger partial charge in [-0.25, -0.2) is 0 Å². The standard InChI is InChI=1S/C17H35N/c1-3-4-5-6-7-8-9-10-13-17(18)14-11-12-16(2)15-17/h16H,3-15,18H2,1-2H3. The van der Waals surface area contributed by atoms with Crippen LogP contribution < -0.4 is 5.73 Å². The van der Waals surface area contributed by atoms with Crippen molar-refractivity contribution in [3.05, 3.63) is 0 Å². The van der Waals surface area contributed by atoms with Crippen molar-refractivity contribution in [3.8, 4) is 0 Å².